The molecule has 0 heterocycles. The van der Waals surface area contributed by atoms with Gasteiger partial charge in [0.2, 0.25) is 0 Å². The molecule has 0 radical (unpaired) electrons. The van der Waals surface area contributed by atoms with Crippen LogP contribution in [0.5, 0.6) is 0 Å². The molecule has 1 aromatic carbocycles. The molecule has 0 unspecified atom stereocenters. The van der Waals surface area contributed by atoms with Gasteiger partial charge in [-0.05, 0) is 31.4 Å². The molecule has 1 amide bonds. The maximum absolute atomic E-state index is 12.1. The first-order valence-corrected chi connectivity index (χ1v) is 6.77. The average Bonchev–Trinajstić information content (AvgIpc) is 2.32. The molecule has 98 valence electrons. The first-order chi connectivity index (χ1) is 8.70. The lowest BCUT2D eigenvalue weighted by Crippen LogP contribution is -2.28. The number of carbonyl (C=O) groups is 1. The summed E-state index contributed by atoms with van der Waals surface area (Å²) in [5.74, 6) is 0.869. The molecule has 0 atom stereocenters. The minimum Gasteiger partial charge on any atom is -0.387 e. The number of amides is 1. The summed E-state index contributed by atoms with van der Waals surface area (Å²) in [6.45, 7) is 2.80. The molecular weight excluding hydrogens is 224 g/mol. The number of nitrogens with one attached hydrogen (secondary N) is 2. The van der Waals surface area contributed by atoms with Crippen molar-refractivity contribution >= 4 is 11.6 Å². The molecule has 1 aromatic rings. The molecule has 1 saturated carbocycles. The molecule has 0 spiro atoms. The summed E-state index contributed by atoms with van der Waals surface area (Å²) in [5, 5.41) is 6.09. The van der Waals surface area contributed by atoms with Gasteiger partial charge in [0.15, 0.2) is 0 Å². The van der Waals surface area contributed by atoms with E-state index in [-0.39, 0.29) is 5.91 Å². The summed E-state index contributed by atoms with van der Waals surface area (Å²) in [5.41, 5.74) is 2.74. The summed E-state index contributed by atoms with van der Waals surface area (Å²) in [6.07, 6.45) is 5.15. The van der Waals surface area contributed by atoms with E-state index in [4.69, 9.17) is 0 Å². The van der Waals surface area contributed by atoms with Crippen molar-refractivity contribution in [3.8, 4) is 0 Å². The first-order valence-electron chi connectivity index (χ1n) is 6.77. The minimum atomic E-state index is 0.0300. The van der Waals surface area contributed by atoms with Gasteiger partial charge in [-0.15, -0.1) is 0 Å². The molecule has 2 rings (SSSR count). The van der Waals surface area contributed by atoms with E-state index in [9.17, 15) is 4.79 Å². The van der Waals surface area contributed by atoms with E-state index in [1.165, 1.54) is 19.3 Å². The van der Waals surface area contributed by atoms with Gasteiger partial charge in [0, 0.05) is 19.3 Å². The first kappa shape index (κ1) is 12.9. The van der Waals surface area contributed by atoms with Gasteiger partial charge in [-0.3, -0.25) is 4.79 Å². The predicted molar refractivity (Wildman–Crippen MR) is 75.0 cm³/mol. The van der Waals surface area contributed by atoms with Crippen molar-refractivity contribution < 1.29 is 4.79 Å². The Morgan fingerprint density at radius 2 is 2.17 bits per heavy atom. The fourth-order valence-electron chi connectivity index (χ4n) is 2.33. The van der Waals surface area contributed by atoms with Crippen molar-refractivity contribution in [3.05, 3.63) is 29.3 Å². The van der Waals surface area contributed by atoms with Crippen LogP contribution in [0.4, 0.5) is 5.69 Å². The van der Waals surface area contributed by atoms with Crippen LogP contribution in [0.1, 0.15) is 41.6 Å². The Kier molecular flexibility index (Phi) is 4.24. The lowest BCUT2D eigenvalue weighted by molar-refractivity contribution is 0.0949. The minimum absolute atomic E-state index is 0.0300. The van der Waals surface area contributed by atoms with Crippen molar-refractivity contribution in [2.45, 2.75) is 32.6 Å². The molecule has 0 saturated heterocycles. The lowest BCUT2D eigenvalue weighted by Gasteiger charge is -2.25. The molecule has 1 aliphatic rings. The van der Waals surface area contributed by atoms with Gasteiger partial charge in [-0.1, -0.05) is 30.9 Å². The number of carbonyl (C=O) groups excluding carboxylic acids is 1. The van der Waals surface area contributed by atoms with Crippen molar-refractivity contribution in [1.82, 2.24) is 5.32 Å². The predicted octanol–water partition coefficient (Wildman–Crippen LogP) is 2.96. The van der Waals surface area contributed by atoms with Gasteiger partial charge >= 0.3 is 0 Å². The second-order valence-electron chi connectivity index (χ2n) is 5.14. The Hall–Kier alpha value is -1.51. The fourth-order valence-corrected chi connectivity index (χ4v) is 2.33. The van der Waals surface area contributed by atoms with Crippen molar-refractivity contribution in [1.29, 1.82) is 0 Å². The molecule has 2 N–H and O–H groups in total. The number of anilines is 1. The molecule has 1 aliphatic carbocycles. The van der Waals surface area contributed by atoms with E-state index < -0.39 is 0 Å². The van der Waals surface area contributed by atoms with E-state index in [1.54, 1.807) is 0 Å². The van der Waals surface area contributed by atoms with E-state index in [0.717, 1.165) is 35.7 Å². The maximum Gasteiger partial charge on any atom is 0.253 e. The molecule has 18 heavy (non-hydrogen) atoms. The third kappa shape index (κ3) is 3.03. The van der Waals surface area contributed by atoms with Crippen LogP contribution in [0.3, 0.4) is 0 Å². The van der Waals surface area contributed by atoms with Gasteiger partial charge in [-0.2, -0.15) is 0 Å². The fraction of sp³-hybridized carbons (Fsp3) is 0.533. The molecule has 3 heteroatoms. The molecule has 0 aliphatic heterocycles. The highest BCUT2D eigenvalue weighted by Gasteiger charge is 2.17. The van der Waals surface area contributed by atoms with Gasteiger partial charge in [0.1, 0.15) is 0 Å². The molecule has 1 fully saturated rings. The molecular formula is C15H22N2O. The number of hydrogen-bond acceptors (Lipinski definition) is 2. The highest BCUT2D eigenvalue weighted by atomic mass is 16.1. The van der Waals surface area contributed by atoms with E-state index in [0.29, 0.717) is 0 Å². The zero-order chi connectivity index (χ0) is 13.0. The van der Waals surface area contributed by atoms with Crippen molar-refractivity contribution in [2.75, 3.05) is 18.9 Å². The lowest BCUT2D eigenvalue weighted by atomic mass is 9.83. The van der Waals surface area contributed by atoms with E-state index in [2.05, 4.69) is 10.6 Å². The maximum atomic E-state index is 12.1. The van der Waals surface area contributed by atoms with Crippen molar-refractivity contribution in [2.24, 2.45) is 5.92 Å². The number of aryl methyl sites for hydroxylation is 1. The highest BCUT2D eigenvalue weighted by Crippen LogP contribution is 2.28. The SMILES string of the molecule is CNc1ccc(C)cc1C(=O)NCCC1CCC1. The normalized spacial score (nSPS) is 15.0. The van der Waals surface area contributed by atoms with Gasteiger partial charge in [0.25, 0.3) is 5.91 Å². The topological polar surface area (TPSA) is 41.1 Å². The number of hydrogen-bond donors (Lipinski definition) is 2. The van der Waals surface area contributed by atoms with E-state index >= 15 is 0 Å². The van der Waals surface area contributed by atoms with Crippen LogP contribution >= 0.6 is 0 Å². The van der Waals surface area contributed by atoms with Crippen LogP contribution in [0.25, 0.3) is 0 Å². The Morgan fingerprint density at radius 3 is 2.78 bits per heavy atom. The summed E-state index contributed by atoms with van der Waals surface area (Å²) < 4.78 is 0. The highest BCUT2D eigenvalue weighted by molar-refractivity contribution is 5.99. The zero-order valence-corrected chi connectivity index (χ0v) is 11.3. The quantitative estimate of drug-likeness (QED) is 0.838. The zero-order valence-electron chi connectivity index (χ0n) is 11.3. The van der Waals surface area contributed by atoms with Crippen LogP contribution in [0.15, 0.2) is 18.2 Å². The average molecular weight is 246 g/mol. The largest absolute Gasteiger partial charge is 0.387 e. The van der Waals surface area contributed by atoms with Crippen molar-refractivity contribution in [3.63, 3.8) is 0 Å². The molecule has 0 aromatic heterocycles. The monoisotopic (exact) mass is 246 g/mol. The van der Waals surface area contributed by atoms with Crippen LogP contribution in [-0.2, 0) is 0 Å². The smallest absolute Gasteiger partial charge is 0.253 e. The van der Waals surface area contributed by atoms with Gasteiger partial charge in [-0.25, -0.2) is 0 Å². The molecule has 3 nitrogen and oxygen atoms in total. The second kappa shape index (κ2) is 5.89. The van der Waals surface area contributed by atoms with E-state index in [1.807, 2.05) is 32.2 Å². The summed E-state index contributed by atoms with van der Waals surface area (Å²) in [6, 6.07) is 5.90. The standard InChI is InChI=1S/C15H22N2O/c1-11-6-7-14(16-2)13(10-11)15(18)17-9-8-12-4-3-5-12/h6-7,10,12,16H,3-5,8-9H2,1-2H3,(H,17,18). The summed E-state index contributed by atoms with van der Waals surface area (Å²) >= 11 is 0. The van der Waals surface area contributed by atoms with Crippen LogP contribution in [0, 0.1) is 12.8 Å². The number of benzene rings is 1. The van der Waals surface area contributed by atoms with Crippen LogP contribution in [-0.4, -0.2) is 19.5 Å². The Morgan fingerprint density at radius 1 is 1.39 bits per heavy atom. The second-order valence-corrected chi connectivity index (χ2v) is 5.14. The third-order valence-electron chi connectivity index (χ3n) is 3.75. The van der Waals surface area contributed by atoms with Crippen LogP contribution < -0.4 is 10.6 Å². The Bertz CT molecular complexity index is 425. The number of rotatable bonds is 5. The van der Waals surface area contributed by atoms with Gasteiger partial charge < -0.3 is 10.6 Å². The van der Waals surface area contributed by atoms with Crippen LogP contribution in [0.2, 0.25) is 0 Å². The molecule has 0 bridgehead atoms. The summed E-state index contributed by atoms with van der Waals surface area (Å²) in [7, 11) is 1.84. The Labute approximate surface area is 109 Å². The van der Waals surface area contributed by atoms with Gasteiger partial charge in [0.05, 0.1) is 5.56 Å². The summed E-state index contributed by atoms with van der Waals surface area (Å²) in [4.78, 5) is 12.1. The third-order valence-corrected chi connectivity index (χ3v) is 3.75. The Balaban J connectivity index is 1.92.